The Morgan fingerprint density at radius 1 is 0.885 bits per heavy atom. The summed E-state index contributed by atoms with van der Waals surface area (Å²) < 4.78 is 5.91. The summed E-state index contributed by atoms with van der Waals surface area (Å²) in [6.07, 6.45) is 0.949. The molecule has 0 amide bonds. The Balaban J connectivity index is 1.52. The van der Waals surface area contributed by atoms with E-state index in [1.54, 1.807) is 0 Å². The van der Waals surface area contributed by atoms with Gasteiger partial charge in [-0.05, 0) is 36.6 Å². The van der Waals surface area contributed by atoms with Crippen molar-refractivity contribution in [2.45, 2.75) is 20.0 Å². The monoisotopic (exact) mass is 361 g/mol. The van der Waals surface area contributed by atoms with Gasteiger partial charge in [0.1, 0.15) is 17.3 Å². The number of nitrogens with one attached hydrogen (secondary N) is 1. The third-order valence-corrected chi connectivity index (χ3v) is 4.54. The van der Waals surface area contributed by atoms with Gasteiger partial charge < -0.3 is 10.1 Å². The van der Waals surface area contributed by atoms with E-state index in [0.717, 1.165) is 34.8 Å². The van der Waals surface area contributed by atoms with Crippen LogP contribution in [0.4, 0.5) is 0 Å². The summed E-state index contributed by atoms with van der Waals surface area (Å²) >= 11 is 5.52. The summed E-state index contributed by atoms with van der Waals surface area (Å²) in [6.45, 7) is 3.45. The molecule has 26 heavy (non-hydrogen) atoms. The summed E-state index contributed by atoms with van der Waals surface area (Å²) in [5.41, 5.74) is 4.69. The second-order valence-corrected chi connectivity index (χ2v) is 6.70. The molecule has 3 aromatic rings. The Labute approximate surface area is 160 Å². The van der Waals surface area contributed by atoms with Crippen molar-refractivity contribution in [2.75, 3.05) is 6.54 Å². The van der Waals surface area contributed by atoms with Crippen molar-refractivity contribution < 1.29 is 4.74 Å². The lowest BCUT2D eigenvalue weighted by Gasteiger charge is -2.11. The molecule has 3 aromatic carbocycles. The molecule has 0 radical (unpaired) electrons. The first-order chi connectivity index (χ1) is 12.7. The van der Waals surface area contributed by atoms with E-state index in [-0.39, 0.29) is 0 Å². The first kappa shape index (κ1) is 18.2. The summed E-state index contributed by atoms with van der Waals surface area (Å²) in [7, 11) is 0. The van der Waals surface area contributed by atoms with Crippen LogP contribution in [0.2, 0.25) is 0 Å². The Morgan fingerprint density at radius 2 is 1.65 bits per heavy atom. The number of rotatable bonds is 7. The average Bonchev–Trinajstić information content (AvgIpc) is 2.68. The molecule has 0 atom stereocenters. The molecule has 0 heterocycles. The summed E-state index contributed by atoms with van der Waals surface area (Å²) in [6, 6.07) is 26.7. The molecule has 0 aliphatic carbocycles. The van der Waals surface area contributed by atoms with Crippen LogP contribution < -0.4 is 10.1 Å². The van der Waals surface area contributed by atoms with Gasteiger partial charge in [0.2, 0.25) is 0 Å². The highest BCUT2D eigenvalue weighted by molar-refractivity contribution is 7.80. The van der Waals surface area contributed by atoms with Crippen LogP contribution in [0.5, 0.6) is 5.75 Å². The molecule has 132 valence electrons. The number of hydrogen-bond donors (Lipinski definition) is 1. The lowest BCUT2D eigenvalue weighted by molar-refractivity contribution is 0.306. The maximum absolute atomic E-state index is 5.91. The molecule has 0 saturated carbocycles. The number of hydrogen-bond acceptors (Lipinski definition) is 2. The molecule has 0 bridgehead atoms. The predicted octanol–water partition coefficient (Wildman–Crippen LogP) is 5.08. The SMILES string of the molecule is Cc1ccc(COc2cccc(C(=S)NCCc3ccccc3)c2)cc1. The smallest absolute Gasteiger partial charge is 0.120 e. The first-order valence-electron chi connectivity index (χ1n) is 8.81. The third kappa shape index (κ3) is 5.43. The minimum absolute atomic E-state index is 0.554. The molecule has 0 aromatic heterocycles. The zero-order chi connectivity index (χ0) is 18.2. The van der Waals surface area contributed by atoms with E-state index >= 15 is 0 Å². The van der Waals surface area contributed by atoms with Gasteiger partial charge in [-0.25, -0.2) is 0 Å². The Bertz CT molecular complexity index is 844. The zero-order valence-corrected chi connectivity index (χ0v) is 15.8. The third-order valence-electron chi connectivity index (χ3n) is 4.16. The number of ether oxygens (including phenoxy) is 1. The van der Waals surface area contributed by atoms with E-state index in [1.807, 2.05) is 30.3 Å². The van der Waals surface area contributed by atoms with E-state index in [4.69, 9.17) is 17.0 Å². The van der Waals surface area contributed by atoms with Gasteiger partial charge in [0, 0.05) is 12.1 Å². The zero-order valence-electron chi connectivity index (χ0n) is 14.9. The van der Waals surface area contributed by atoms with Crippen LogP contribution in [-0.4, -0.2) is 11.5 Å². The molecule has 0 aliphatic heterocycles. The van der Waals surface area contributed by atoms with Crippen LogP contribution in [0.25, 0.3) is 0 Å². The summed E-state index contributed by atoms with van der Waals surface area (Å²) in [5, 5.41) is 3.33. The fourth-order valence-corrected chi connectivity index (χ4v) is 2.87. The summed E-state index contributed by atoms with van der Waals surface area (Å²) in [5.74, 6) is 0.829. The molecule has 0 saturated heterocycles. The molecule has 3 heteroatoms. The van der Waals surface area contributed by atoms with Crippen LogP contribution in [-0.2, 0) is 13.0 Å². The lowest BCUT2D eigenvalue weighted by atomic mass is 10.1. The molecule has 3 rings (SSSR count). The van der Waals surface area contributed by atoms with Gasteiger partial charge in [0.05, 0.1) is 0 Å². The van der Waals surface area contributed by atoms with Crippen LogP contribution in [0.3, 0.4) is 0 Å². The Kier molecular flexibility index (Phi) is 6.39. The molecule has 0 fully saturated rings. The predicted molar refractivity (Wildman–Crippen MR) is 112 cm³/mol. The fourth-order valence-electron chi connectivity index (χ4n) is 2.65. The van der Waals surface area contributed by atoms with Crippen LogP contribution in [0.1, 0.15) is 22.3 Å². The van der Waals surface area contributed by atoms with Gasteiger partial charge in [-0.3, -0.25) is 0 Å². The van der Waals surface area contributed by atoms with Gasteiger partial charge in [-0.15, -0.1) is 0 Å². The molecule has 1 N–H and O–H groups in total. The summed E-state index contributed by atoms with van der Waals surface area (Å²) in [4.78, 5) is 0.752. The van der Waals surface area contributed by atoms with E-state index in [9.17, 15) is 0 Å². The average molecular weight is 362 g/mol. The molecule has 2 nitrogen and oxygen atoms in total. The second-order valence-electron chi connectivity index (χ2n) is 6.29. The van der Waals surface area contributed by atoms with E-state index in [0.29, 0.717) is 6.61 Å². The Morgan fingerprint density at radius 3 is 2.42 bits per heavy atom. The first-order valence-corrected chi connectivity index (χ1v) is 9.22. The highest BCUT2D eigenvalue weighted by Gasteiger charge is 2.03. The number of thiocarbonyl (C=S) groups is 1. The maximum atomic E-state index is 5.91. The lowest BCUT2D eigenvalue weighted by Crippen LogP contribution is -2.24. The van der Waals surface area contributed by atoms with Crippen molar-refractivity contribution in [1.29, 1.82) is 0 Å². The van der Waals surface area contributed by atoms with Gasteiger partial charge in [-0.1, -0.05) is 84.5 Å². The van der Waals surface area contributed by atoms with Gasteiger partial charge in [0.25, 0.3) is 0 Å². The van der Waals surface area contributed by atoms with Gasteiger partial charge >= 0.3 is 0 Å². The quantitative estimate of drug-likeness (QED) is 0.593. The maximum Gasteiger partial charge on any atom is 0.120 e. The molecule has 0 aliphatic rings. The molecule has 0 unspecified atom stereocenters. The largest absolute Gasteiger partial charge is 0.489 e. The van der Waals surface area contributed by atoms with Crippen LogP contribution in [0.15, 0.2) is 78.9 Å². The van der Waals surface area contributed by atoms with E-state index in [2.05, 4.69) is 60.8 Å². The van der Waals surface area contributed by atoms with Crippen molar-refractivity contribution in [3.63, 3.8) is 0 Å². The van der Waals surface area contributed by atoms with Crippen LogP contribution >= 0.6 is 12.2 Å². The highest BCUT2D eigenvalue weighted by atomic mass is 32.1. The van der Waals surface area contributed by atoms with E-state index in [1.165, 1.54) is 11.1 Å². The van der Waals surface area contributed by atoms with Crippen molar-refractivity contribution >= 4 is 17.2 Å². The minimum atomic E-state index is 0.554. The highest BCUT2D eigenvalue weighted by Crippen LogP contribution is 2.16. The molecular weight excluding hydrogens is 338 g/mol. The Hall–Kier alpha value is -2.65. The topological polar surface area (TPSA) is 21.3 Å². The minimum Gasteiger partial charge on any atom is -0.489 e. The second kappa shape index (κ2) is 9.16. The van der Waals surface area contributed by atoms with Crippen molar-refractivity contribution in [1.82, 2.24) is 5.32 Å². The van der Waals surface area contributed by atoms with Gasteiger partial charge in [0.15, 0.2) is 0 Å². The standard InChI is InChI=1S/C23H23NOS/c1-18-10-12-20(13-11-18)17-25-22-9-5-8-21(16-22)23(26)24-15-14-19-6-3-2-4-7-19/h2-13,16H,14-15,17H2,1H3,(H,24,26). The van der Waals surface area contributed by atoms with Crippen LogP contribution in [0, 0.1) is 6.92 Å². The van der Waals surface area contributed by atoms with Gasteiger partial charge in [-0.2, -0.15) is 0 Å². The fraction of sp³-hybridized carbons (Fsp3) is 0.174. The molecular formula is C23H23NOS. The normalized spacial score (nSPS) is 10.3. The number of aryl methyl sites for hydroxylation is 1. The molecule has 0 spiro atoms. The van der Waals surface area contributed by atoms with Crippen molar-refractivity contribution in [3.05, 3.63) is 101 Å². The number of benzene rings is 3. The van der Waals surface area contributed by atoms with E-state index < -0.39 is 0 Å². The van der Waals surface area contributed by atoms with Crippen molar-refractivity contribution in [3.8, 4) is 5.75 Å². The van der Waals surface area contributed by atoms with Crippen molar-refractivity contribution in [2.24, 2.45) is 0 Å².